The lowest BCUT2D eigenvalue weighted by molar-refractivity contribution is -0.696. The third kappa shape index (κ3) is 12.8. The predicted molar refractivity (Wildman–Crippen MR) is 87.9 cm³/mol. The fourth-order valence-corrected chi connectivity index (χ4v) is 1.95. The van der Waals surface area contributed by atoms with Gasteiger partial charge in [0.05, 0.1) is 27.2 Å². The van der Waals surface area contributed by atoms with Crippen molar-refractivity contribution in [2.45, 2.75) is 52.6 Å². The number of hydrogen-bond acceptors (Lipinski definition) is 2. The van der Waals surface area contributed by atoms with Crippen LogP contribution in [-0.4, -0.2) is 16.5 Å². The fourth-order valence-electron chi connectivity index (χ4n) is 1.95. The summed E-state index contributed by atoms with van der Waals surface area (Å²) in [4.78, 5) is 0. The van der Waals surface area contributed by atoms with E-state index in [0.29, 0.717) is 0 Å². The smallest absolute Gasteiger partial charge is 0.243 e. The van der Waals surface area contributed by atoms with E-state index in [4.69, 9.17) is 10.0 Å². The standard InChI is InChI=1S/2C8H15N2.BFO2/c2*1-3-4-5-10-7-6-9(2)8-10;2-1(3)4/h2*6-8H,3-5H2,1-2H3;/q2*+1;-2. The van der Waals surface area contributed by atoms with Crippen LogP contribution in [0.2, 0.25) is 0 Å². The van der Waals surface area contributed by atoms with E-state index in [1.54, 1.807) is 0 Å². The van der Waals surface area contributed by atoms with Crippen LogP contribution in [0.4, 0.5) is 4.32 Å². The number of nitrogens with zero attached hydrogens (tertiary/aromatic N) is 4. The van der Waals surface area contributed by atoms with Crippen LogP contribution in [0.25, 0.3) is 0 Å². The molecule has 24 heavy (non-hydrogen) atoms. The summed E-state index contributed by atoms with van der Waals surface area (Å²) in [6.07, 6.45) is 17.6. The zero-order chi connectivity index (χ0) is 18.4. The van der Waals surface area contributed by atoms with Crippen molar-refractivity contribution in [3.63, 3.8) is 0 Å². The summed E-state index contributed by atoms with van der Waals surface area (Å²) in [5.41, 5.74) is 0. The van der Waals surface area contributed by atoms with Crippen LogP contribution >= 0.6 is 0 Å². The molecule has 136 valence electrons. The zero-order valence-corrected chi connectivity index (χ0v) is 15.3. The Balaban J connectivity index is 0.000000363. The summed E-state index contributed by atoms with van der Waals surface area (Å²) in [5, 5.41) is 16.6. The zero-order valence-electron chi connectivity index (χ0n) is 15.3. The third-order valence-corrected chi connectivity index (χ3v) is 3.19. The van der Waals surface area contributed by atoms with Crippen molar-refractivity contribution >= 4 is 7.40 Å². The number of rotatable bonds is 6. The molecule has 0 atom stereocenters. The Labute approximate surface area is 145 Å². The maximum Gasteiger partial charge on any atom is 0.243 e. The normalized spacial score (nSPS) is 9.62. The first-order chi connectivity index (χ1) is 11.4. The molecule has 0 amide bonds. The van der Waals surface area contributed by atoms with Crippen molar-refractivity contribution in [3.8, 4) is 0 Å². The molecule has 0 unspecified atom stereocenters. The SMILES string of the molecule is CCCC[n+]1ccn(C)c1.CCCC[n+]1ccn(C)c1.[O-]B([O-])F. The van der Waals surface area contributed by atoms with Gasteiger partial charge in [0.2, 0.25) is 12.7 Å². The number of aryl methyl sites for hydroxylation is 4. The molecule has 2 aromatic rings. The fraction of sp³-hybridized carbons (Fsp3) is 0.625. The van der Waals surface area contributed by atoms with Crippen molar-refractivity contribution in [3.05, 3.63) is 37.4 Å². The van der Waals surface area contributed by atoms with E-state index in [9.17, 15) is 4.32 Å². The molecular weight excluding hydrogens is 310 g/mol. The highest BCUT2D eigenvalue weighted by Crippen LogP contribution is 1.86. The molecule has 0 aliphatic carbocycles. The Morgan fingerprint density at radius 3 is 1.42 bits per heavy atom. The molecular formula is C16H30BFN4O2. The van der Waals surface area contributed by atoms with Gasteiger partial charge >= 0.3 is 0 Å². The molecule has 0 bridgehead atoms. The highest BCUT2D eigenvalue weighted by atomic mass is 19.1. The van der Waals surface area contributed by atoms with Crippen LogP contribution in [0.15, 0.2) is 37.4 Å². The Bertz CT molecular complexity index is 485. The van der Waals surface area contributed by atoms with Gasteiger partial charge in [0.1, 0.15) is 32.2 Å². The van der Waals surface area contributed by atoms with Crippen molar-refractivity contribution in [2.24, 2.45) is 14.1 Å². The number of unbranched alkanes of at least 4 members (excludes halogenated alkanes) is 2. The number of halogens is 1. The Kier molecular flexibility index (Phi) is 12.8. The van der Waals surface area contributed by atoms with E-state index in [-0.39, 0.29) is 0 Å². The quantitative estimate of drug-likeness (QED) is 0.544. The van der Waals surface area contributed by atoms with Crippen LogP contribution in [0.1, 0.15) is 39.5 Å². The number of imidazole rings is 2. The maximum absolute atomic E-state index is 9.89. The molecule has 2 rings (SSSR count). The van der Waals surface area contributed by atoms with E-state index in [0.717, 1.165) is 13.1 Å². The molecule has 6 nitrogen and oxygen atoms in total. The van der Waals surface area contributed by atoms with E-state index >= 15 is 0 Å². The lowest BCUT2D eigenvalue weighted by Crippen LogP contribution is -2.39. The molecule has 0 radical (unpaired) electrons. The minimum absolute atomic E-state index is 1.15. The first kappa shape index (κ1) is 22.3. The van der Waals surface area contributed by atoms with E-state index in [1.807, 2.05) is 14.1 Å². The summed E-state index contributed by atoms with van der Waals surface area (Å²) in [5.74, 6) is 0. The molecule has 0 saturated heterocycles. The van der Waals surface area contributed by atoms with Gasteiger partial charge in [-0.3, -0.25) is 0 Å². The predicted octanol–water partition coefficient (Wildman–Crippen LogP) is -0.113. The third-order valence-electron chi connectivity index (χ3n) is 3.19. The lowest BCUT2D eigenvalue weighted by Gasteiger charge is -2.09. The average molecular weight is 340 g/mol. The minimum Gasteiger partial charge on any atom is -0.867 e. The summed E-state index contributed by atoms with van der Waals surface area (Å²) >= 11 is 0. The molecule has 8 heteroatoms. The van der Waals surface area contributed by atoms with E-state index in [1.165, 1.54) is 25.7 Å². The first-order valence-electron chi connectivity index (χ1n) is 8.36. The second-order valence-corrected chi connectivity index (χ2v) is 5.62. The van der Waals surface area contributed by atoms with Gasteiger partial charge in [-0.25, -0.2) is 18.3 Å². The summed E-state index contributed by atoms with van der Waals surface area (Å²) in [7, 11) is 0.922. The van der Waals surface area contributed by atoms with Gasteiger partial charge in [-0.15, -0.1) is 0 Å². The minimum atomic E-state index is -3.17. The van der Waals surface area contributed by atoms with E-state index in [2.05, 4.69) is 69.6 Å². The summed E-state index contributed by atoms with van der Waals surface area (Å²) < 4.78 is 18.4. The molecule has 2 heterocycles. The Morgan fingerprint density at radius 1 is 0.875 bits per heavy atom. The van der Waals surface area contributed by atoms with Crippen molar-refractivity contribution in [1.82, 2.24) is 9.13 Å². The van der Waals surface area contributed by atoms with Crippen LogP contribution in [0.3, 0.4) is 0 Å². The highest BCUT2D eigenvalue weighted by Gasteiger charge is 1.97. The van der Waals surface area contributed by atoms with Gasteiger partial charge in [0.15, 0.2) is 0 Å². The molecule has 0 aliphatic heterocycles. The van der Waals surface area contributed by atoms with Gasteiger partial charge < -0.3 is 14.4 Å². The average Bonchev–Trinajstić information content (AvgIpc) is 3.11. The molecule has 2 aromatic heterocycles. The number of aromatic nitrogens is 4. The largest absolute Gasteiger partial charge is 0.867 e. The molecule has 0 fully saturated rings. The van der Waals surface area contributed by atoms with E-state index < -0.39 is 7.40 Å². The first-order valence-corrected chi connectivity index (χ1v) is 8.36. The van der Waals surface area contributed by atoms with Gasteiger partial charge in [-0.05, 0) is 12.8 Å². The summed E-state index contributed by atoms with van der Waals surface area (Å²) in [6, 6.07) is 0. The van der Waals surface area contributed by atoms with Crippen LogP contribution in [-0.2, 0) is 27.2 Å². The van der Waals surface area contributed by atoms with Gasteiger partial charge in [0.25, 0.3) is 0 Å². The second-order valence-electron chi connectivity index (χ2n) is 5.62. The topological polar surface area (TPSA) is 63.7 Å². The van der Waals surface area contributed by atoms with Crippen molar-refractivity contribution < 1.29 is 23.5 Å². The molecule has 0 saturated carbocycles. The lowest BCUT2D eigenvalue weighted by atomic mass is 10.3. The van der Waals surface area contributed by atoms with Crippen LogP contribution in [0, 0.1) is 0 Å². The summed E-state index contributed by atoms with van der Waals surface area (Å²) in [6.45, 7) is 6.72. The van der Waals surface area contributed by atoms with Gasteiger partial charge in [-0.1, -0.05) is 26.7 Å². The highest BCUT2D eigenvalue weighted by molar-refractivity contribution is 6.27. The van der Waals surface area contributed by atoms with Gasteiger partial charge in [-0.2, -0.15) is 0 Å². The monoisotopic (exact) mass is 340 g/mol. The van der Waals surface area contributed by atoms with Crippen LogP contribution < -0.4 is 19.2 Å². The van der Waals surface area contributed by atoms with Crippen LogP contribution in [0.5, 0.6) is 0 Å². The Morgan fingerprint density at radius 2 is 1.21 bits per heavy atom. The molecule has 0 N–H and O–H groups in total. The molecule has 0 aromatic carbocycles. The molecule has 0 aliphatic rings. The maximum atomic E-state index is 9.89. The second kappa shape index (κ2) is 13.7. The van der Waals surface area contributed by atoms with Gasteiger partial charge in [0, 0.05) is 0 Å². The van der Waals surface area contributed by atoms with Crippen molar-refractivity contribution in [2.75, 3.05) is 0 Å². The van der Waals surface area contributed by atoms with Crippen molar-refractivity contribution in [1.29, 1.82) is 0 Å². The Hall–Kier alpha value is -1.67. The molecule has 0 spiro atoms. The number of hydrogen-bond donors (Lipinski definition) is 0.